The summed E-state index contributed by atoms with van der Waals surface area (Å²) in [4.78, 5) is 10.9. The van der Waals surface area contributed by atoms with Crippen LogP contribution in [0.1, 0.15) is 57.8 Å². The van der Waals surface area contributed by atoms with Crippen molar-refractivity contribution in [2.45, 2.75) is 63.4 Å². The fraction of sp³-hybridized carbons (Fsp3) is 0.933. The van der Waals surface area contributed by atoms with Crippen LogP contribution in [0.25, 0.3) is 0 Å². The lowest BCUT2D eigenvalue weighted by Gasteiger charge is -2.06. The molecule has 0 bridgehead atoms. The molecule has 1 aliphatic carbocycles. The van der Waals surface area contributed by atoms with Gasteiger partial charge in [0.2, 0.25) is 0 Å². The van der Waals surface area contributed by atoms with Crippen LogP contribution in [0.3, 0.4) is 0 Å². The SMILES string of the molecule is O=C(O)C1(CCCCCCOCCCC2CC2)CO1. The van der Waals surface area contributed by atoms with Crippen molar-refractivity contribution in [3.8, 4) is 0 Å². The standard InChI is InChI=1S/C15H26O4/c16-14(17)15(12-19-15)9-3-1-2-4-10-18-11-5-6-13-7-8-13/h13H,1-12H2,(H,16,17). The summed E-state index contributed by atoms with van der Waals surface area (Å²) in [6.45, 7) is 2.16. The van der Waals surface area contributed by atoms with Gasteiger partial charge in [0, 0.05) is 13.2 Å². The lowest BCUT2D eigenvalue weighted by molar-refractivity contribution is -0.143. The summed E-state index contributed by atoms with van der Waals surface area (Å²) < 4.78 is 10.6. The van der Waals surface area contributed by atoms with Crippen LogP contribution in [-0.2, 0) is 14.3 Å². The molecular weight excluding hydrogens is 244 g/mol. The number of unbranched alkanes of at least 4 members (excludes halogenated alkanes) is 3. The lowest BCUT2D eigenvalue weighted by atomic mass is 10.0. The van der Waals surface area contributed by atoms with Crippen molar-refractivity contribution in [3.05, 3.63) is 0 Å². The Hall–Kier alpha value is -0.610. The number of ether oxygens (including phenoxy) is 2. The highest BCUT2D eigenvalue weighted by Crippen LogP contribution is 2.33. The van der Waals surface area contributed by atoms with Gasteiger partial charge in [0.1, 0.15) is 0 Å². The molecule has 1 aliphatic heterocycles. The second kappa shape index (κ2) is 7.25. The molecule has 0 aromatic rings. The molecule has 19 heavy (non-hydrogen) atoms. The van der Waals surface area contributed by atoms with E-state index in [2.05, 4.69) is 0 Å². The maximum Gasteiger partial charge on any atom is 0.338 e. The van der Waals surface area contributed by atoms with E-state index in [4.69, 9.17) is 14.6 Å². The van der Waals surface area contributed by atoms with Gasteiger partial charge in [0.25, 0.3) is 0 Å². The first-order valence-electron chi connectivity index (χ1n) is 7.68. The molecule has 4 heteroatoms. The highest BCUT2D eigenvalue weighted by Gasteiger charge is 2.51. The van der Waals surface area contributed by atoms with Crippen LogP contribution in [0.4, 0.5) is 0 Å². The Balaban J connectivity index is 1.31. The zero-order chi connectivity index (χ0) is 13.6. The number of aliphatic carboxylic acids is 1. The predicted octanol–water partition coefficient (Wildman–Crippen LogP) is 3.00. The van der Waals surface area contributed by atoms with Crippen molar-refractivity contribution in [1.82, 2.24) is 0 Å². The van der Waals surface area contributed by atoms with Crippen LogP contribution in [-0.4, -0.2) is 36.5 Å². The third kappa shape index (κ3) is 5.49. The maximum absolute atomic E-state index is 10.9. The van der Waals surface area contributed by atoms with Crippen LogP contribution in [0.5, 0.6) is 0 Å². The van der Waals surface area contributed by atoms with Crippen LogP contribution < -0.4 is 0 Å². The Kier molecular flexibility index (Phi) is 5.64. The van der Waals surface area contributed by atoms with Crippen LogP contribution >= 0.6 is 0 Å². The van der Waals surface area contributed by atoms with E-state index in [1.165, 1.54) is 25.7 Å². The summed E-state index contributed by atoms with van der Waals surface area (Å²) in [5.41, 5.74) is -0.820. The Bertz CT molecular complexity index is 282. The fourth-order valence-electron chi connectivity index (χ4n) is 2.41. The van der Waals surface area contributed by atoms with Crippen LogP contribution in [0.15, 0.2) is 0 Å². The van der Waals surface area contributed by atoms with Crippen molar-refractivity contribution >= 4 is 5.97 Å². The molecule has 2 fully saturated rings. The number of hydrogen-bond donors (Lipinski definition) is 1. The van der Waals surface area contributed by atoms with E-state index in [1.54, 1.807) is 0 Å². The van der Waals surface area contributed by atoms with Gasteiger partial charge in [0.15, 0.2) is 5.60 Å². The van der Waals surface area contributed by atoms with Crippen molar-refractivity contribution in [3.63, 3.8) is 0 Å². The van der Waals surface area contributed by atoms with Gasteiger partial charge >= 0.3 is 5.97 Å². The lowest BCUT2D eigenvalue weighted by Crippen LogP contribution is -2.23. The first-order valence-corrected chi connectivity index (χ1v) is 7.68. The van der Waals surface area contributed by atoms with Gasteiger partial charge in [-0.25, -0.2) is 4.79 Å². The molecule has 2 rings (SSSR count). The molecule has 1 heterocycles. The topological polar surface area (TPSA) is 59.1 Å². The summed E-state index contributed by atoms with van der Waals surface area (Å²) in [7, 11) is 0. The molecule has 0 aromatic carbocycles. The van der Waals surface area contributed by atoms with Gasteiger partial charge in [-0.3, -0.25) is 0 Å². The Morgan fingerprint density at radius 2 is 1.84 bits per heavy atom. The van der Waals surface area contributed by atoms with E-state index in [1.807, 2.05) is 0 Å². The summed E-state index contributed by atoms with van der Waals surface area (Å²) in [5, 5.41) is 8.93. The third-order valence-corrected chi connectivity index (χ3v) is 4.10. The normalized spacial score (nSPS) is 25.5. The molecule has 1 unspecified atom stereocenters. The number of epoxide rings is 1. The molecule has 1 saturated heterocycles. The maximum atomic E-state index is 10.9. The van der Waals surface area contributed by atoms with E-state index in [0.717, 1.165) is 44.8 Å². The largest absolute Gasteiger partial charge is 0.479 e. The van der Waals surface area contributed by atoms with Crippen molar-refractivity contribution < 1.29 is 19.4 Å². The second-order valence-electron chi connectivity index (χ2n) is 5.95. The zero-order valence-electron chi connectivity index (χ0n) is 11.7. The highest BCUT2D eigenvalue weighted by molar-refractivity contribution is 5.80. The molecule has 110 valence electrons. The van der Waals surface area contributed by atoms with Gasteiger partial charge in [-0.05, 0) is 38.0 Å². The summed E-state index contributed by atoms with van der Waals surface area (Å²) in [6, 6.07) is 0. The number of rotatable bonds is 12. The monoisotopic (exact) mass is 270 g/mol. The Labute approximate surface area is 115 Å². The molecule has 0 radical (unpaired) electrons. The van der Waals surface area contributed by atoms with E-state index < -0.39 is 11.6 Å². The number of carbonyl (C=O) groups is 1. The Morgan fingerprint density at radius 1 is 1.16 bits per heavy atom. The molecule has 4 nitrogen and oxygen atoms in total. The zero-order valence-corrected chi connectivity index (χ0v) is 11.7. The number of carboxylic acid groups (broad SMARTS) is 1. The summed E-state index contributed by atoms with van der Waals surface area (Å²) >= 11 is 0. The third-order valence-electron chi connectivity index (χ3n) is 4.10. The molecule has 1 atom stereocenters. The highest BCUT2D eigenvalue weighted by atomic mass is 16.6. The molecule has 0 aromatic heterocycles. The van der Waals surface area contributed by atoms with E-state index in [0.29, 0.717) is 13.0 Å². The van der Waals surface area contributed by atoms with E-state index >= 15 is 0 Å². The van der Waals surface area contributed by atoms with Crippen molar-refractivity contribution in [1.29, 1.82) is 0 Å². The van der Waals surface area contributed by atoms with E-state index in [-0.39, 0.29) is 0 Å². The summed E-state index contributed by atoms with van der Waals surface area (Å²) in [6.07, 6.45) is 10.3. The molecule has 2 aliphatic rings. The quantitative estimate of drug-likeness (QED) is 0.437. The number of hydrogen-bond acceptors (Lipinski definition) is 3. The van der Waals surface area contributed by atoms with Gasteiger partial charge in [-0.1, -0.05) is 25.7 Å². The first kappa shape index (κ1) is 14.8. The minimum absolute atomic E-state index is 0.395. The molecule has 0 amide bonds. The van der Waals surface area contributed by atoms with E-state index in [9.17, 15) is 4.79 Å². The average molecular weight is 270 g/mol. The van der Waals surface area contributed by atoms with Crippen molar-refractivity contribution in [2.24, 2.45) is 5.92 Å². The van der Waals surface area contributed by atoms with Gasteiger partial charge < -0.3 is 14.6 Å². The van der Waals surface area contributed by atoms with Crippen LogP contribution in [0.2, 0.25) is 0 Å². The molecule has 1 N–H and O–H groups in total. The number of carboxylic acids is 1. The van der Waals surface area contributed by atoms with Gasteiger partial charge in [-0.15, -0.1) is 0 Å². The smallest absolute Gasteiger partial charge is 0.338 e. The minimum atomic E-state index is -0.820. The average Bonchev–Trinajstić information content (AvgIpc) is 3.26. The summed E-state index contributed by atoms with van der Waals surface area (Å²) in [5.74, 6) is 0.210. The van der Waals surface area contributed by atoms with Crippen molar-refractivity contribution in [2.75, 3.05) is 19.8 Å². The fourth-order valence-corrected chi connectivity index (χ4v) is 2.41. The first-order chi connectivity index (χ1) is 9.23. The van der Waals surface area contributed by atoms with Crippen LogP contribution in [0, 0.1) is 5.92 Å². The molecule has 1 saturated carbocycles. The molecule has 0 spiro atoms. The second-order valence-corrected chi connectivity index (χ2v) is 5.95. The Morgan fingerprint density at radius 3 is 2.47 bits per heavy atom. The minimum Gasteiger partial charge on any atom is -0.479 e. The van der Waals surface area contributed by atoms with Gasteiger partial charge in [-0.2, -0.15) is 0 Å². The van der Waals surface area contributed by atoms with Gasteiger partial charge in [0.05, 0.1) is 6.61 Å². The molecular formula is C15H26O4. The predicted molar refractivity (Wildman–Crippen MR) is 72.2 cm³/mol.